The molecule has 1 aromatic heterocycles. The van der Waals surface area contributed by atoms with Crippen LogP contribution < -0.4 is 5.73 Å². The molecule has 1 heterocycles. The van der Waals surface area contributed by atoms with Crippen LogP contribution in [0.4, 0.5) is 5.82 Å². The van der Waals surface area contributed by atoms with Gasteiger partial charge >= 0.3 is 0 Å². The molecular formula is C11H22N4O3S. The minimum absolute atomic E-state index is 0.0457. The molecule has 1 rings (SSSR count). The summed E-state index contributed by atoms with van der Waals surface area (Å²) in [5, 5.41) is 4.02. The second-order valence-corrected chi connectivity index (χ2v) is 6.04. The predicted octanol–water partition coefficient (Wildman–Crippen LogP) is 0.532. The number of sulfonamides is 1. The van der Waals surface area contributed by atoms with Crippen molar-refractivity contribution in [1.29, 1.82) is 0 Å². The number of nitrogens with zero attached hydrogens (tertiary/aromatic N) is 3. The SMILES string of the molecule is CCCn1cc(S(=O)(=O)N(CC)CCOC)c(N)n1. The van der Waals surface area contributed by atoms with Gasteiger partial charge in [-0.3, -0.25) is 4.68 Å². The third-order valence-corrected chi connectivity index (χ3v) is 4.71. The van der Waals surface area contributed by atoms with Crippen molar-refractivity contribution in [3.05, 3.63) is 6.20 Å². The summed E-state index contributed by atoms with van der Waals surface area (Å²) in [5.41, 5.74) is 5.71. The number of methoxy groups -OCH3 is 1. The molecule has 19 heavy (non-hydrogen) atoms. The van der Waals surface area contributed by atoms with E-state index in [1.165, 1.54) is 17.6 Å². The molecule has 0 amide bonds. The van der Waals surface area contributed by atoms with Gasteiger partial charge in [0.1, 0.15) is 4.90 Å². The molecule has 7 nitrogen and oxygen atoms in total. The molecule has 1 aromatic rings. The van der Waals surface area contributed by atoms with Crippen molar-refractivity contribution in [2.75, 3.05) is 32.5 Å². The lowest BCUT2D eigenvalue weighted by molar-refractivity contribution is 0.180. The Balaban J connectivity index is 3.03. The molecular weight excluding hydrogens is 268 g/mol. The van der Waals surface area contributed by atoms with Gasteiger partial charge in [-0.15, -0.1) is 0 Å². The van der Waals surface area contributed by atoms with Crippen molar-refractivity contribution in [2.24, 2.45) is 0 Å². The maximum atomic E-state index is 12.4. The molecule has 0 atom stereocenters. The van der Waals surface area contributed by atoms with Gasteiger partial charge in [-0.2, -0.15) is 9.40 Å². The number of nitrogen functional groups attached to an aromatic ring is 1. The topological polar surface area (TPSA) is 90.5 Å². The van der Waals surface area contributed by atoms with Gasteiger partial charge in [0.15, 0.2) is 5.82 Å². The van der Waals surface area contributed by atoms with E-state index in [1.807, 2.05) is 6.92 Å². The number of anilines is 1. The number of ether oxygens (including phenoxy) is 1. The van der Waals surface area contributed by atoms with E-state index in [-0.39, 0.29) is 10.7 Å². The first kappa shape index (κ1) is 15.9. The van der Waals surface area contributed by atoms with E-state index in [9.17, 15) is 8.42 Å². The molecule has 8 heteroatoms. The summed E-state index contributed by atoms with van der Waals surface area (Å²) in [6, 6.07) is 0. The van der Waals surface area contributed by atoms with Crippen LogP contribution >= 0.6 is 0 Å². The molecule has 0 aliphatic carbocycles. The molecule has 2 N–H and O–H groups in total. The smallest absolute Gasteiger partial charge is 0.248 e. The zero-order valence-corrected chi connectivity index (χ0v) is 12.5. The quantitative estimate of drug-likeness (QED) is 0.754. The first-order chi connectivity index (χ1) is 8.97. The average Bonchev–Trinajstić information content (AvgIpc) is 2.72. The van der Waals surface area contributed by atoms with Crippen LogP contribution in [-0.2, 0) is 21.3 Å². The molecule has 110 valence electrons. The van der Waals surface area contributed by atoms with E-state index in [1.54, 1.807) is 11.6 Å². The van der Waals surface area contributed by atoms with Gasteiger partial charge in [-0.05, 0) is 6.42 Å². The van der Waals surface area contributed by atoms with Crippen LogP contribution in [-0.4, -0.2) is 49.3 Å². The molecule has 0 fully saturated rings. The number of hydrogen-bond donors (Lipinski definition) is 1. The minimum atomic E-state index is -3.61. The highest BCUT2D eigenvalue weighted by Crippen LogP contribution is 2.21. The van der Waals surface area contributed by atoms with Crippen LogP contribution in [0.1, 0.15) is 20.3 Å². The van der Waals surface area contributed by atoms with Crippen LogP contribution in [0.5, 0.6) is 0 Å². The minimum Gasteiger partial charge on any atom is -0.383 e. The maximum absolute atomic E-state index is 12.4. The highest BCUT2D eigenvalue weighted by atomic mass is 32.2. The Morgan fingerprint density at radius 3 is 2.68 bits per heavy atom. The number of aromatic nitrogens is 2. The fourth-order valence-corrected chi connectivity index (χ4v) is 3.23. The first-order valence-electron chi connectivity index (χ1n) is 6.29. The van der Waals surface area contributed by atoms with Crippen LogP contribution in [0.2, 0.25) is 0 Å². The summed E-state index contributed by atoms with van der Waals surface area (Å²) in [5.74, 6) is 0.0457. The van der Waals surface area contributed by atoms with Crippen molar-refractivity contribution < 1.29 is 13.2 Å². The van der Waals surface area contributed by atoms with E-state index in [0.29, 0.717) is 26.2 Å². The Bertz CT molecular complexity index is 498. The first-order valence-corrected chi connectivity index (χ1v) is 7.73. The maximum Gasteiger partial charge on any atom is 0.248 e. The van der Waals surface area contributed by atoms with Gasteiger partial charge in [0.2, 0.25) is 10.0 Å². The zero-order chi connectivity index (χ0) is 14.5. The van der Waals surface area contributed by atoms with Crippen LogP contribution in [0.3, 0.4) is 0 Å². The summed E-state index contributed by atoms with van der Waals surface area (Å²) >= 11 is 0. The fraction of sp³-hybridized carbons (Fsp3) is 0.727. The summed E-state index contributed by atoms with van der Waals surface area (Å²) in [7, 11) is -2.07. The Morgan fingerprint density at radius 1 is 1.47 bits per heavy atom. The molecule has 0 unspecified atom stereocenters. The summed E-state index contributed by atoms with van der Waals surface area (Å²) in [6.45, 7) is 5.42. The van der Waals surface area contributed by atoms with Crippen molar-refractivity contribution in [3.63, 3.8) is 0 Å². The van der Waals surface area contributed by atoms with E-state index in [0.717, 1.165) is 6.42 Å². The van der Waals surface area contributed by atoms with Gasteiger partial charge in [-0.1, -0.05) is 13.8 Å². The number of likely N-dealkylation sites (N-methyl/N-ethyl adjacent to an activating group) is 1. The molecule has 0 aliphatic heterocycles. The van der Waals surface area contributed by atoms with E-state index < -0.39 is 10.0 Å². The summed E-state index contributed by atoms with van der Waals surface area (Å²) in [4.78, 5) is 0.0684. The van der Waals surface area contributed by atoms with Gasteiger partial charge < -0.3 is 10.5 Å². The average molecular weight is 290 g/mol. The molecule has 0 aromatic carbocycles. The van der Waals surface area contributed by atoms with E-state index >= 15 is 0 Å². The lowest BCUT2D eigenvalue weighted by atomic mass is 10.5. The Labute approximate surface area is 114 Å². The normalized spacial score (nSPS) is 12.2. The lowest BCUT2D eigenvalue weighted by Gasteiger charge is -2.19. The van der Waals surface area contributed by atoms with E-state index in [4.69, 9.17) is 10.5 Å². The van der Waals surface area contributed by atoms with Crippen molar-refractivity contribution in [3.8, 4) is 0 Å². The van der Waals surface area contributed by atoms with E-state index in [2.05, 4.69) is 5.10 Å². The van der Waals surface area contributed by atoms with Crippen LogP contribution in [0.25, 0.3) is 0 Å². The molecule has 0 radical (unpaired) electrons. The van der Waals surface area contributed by atoms with Crippen molar-refractivity contribution >= 4 is 15.8 Å². The lowest BCUT2D eigenvalue weighted by Crippen LogP contribution is -2.34. The molecule has 0 saturated carbocycles. The number of rotatable bonds is 8. The van der Waals surface area contributed by atoms with Crippen LogP contribution in [0.15, 0.2) is 11.1 Å². The van der Waals surface area contributed by atoms with Gasteiger partial charge in [0, 0.05) is 32.9 Å². The van der Waals surface area contributed by atoms with Gasteiger partial charge in [-0.25, -0.2) is 8.42 Å². The summed E-state index contributed by atoms with van der Waals surface area (Å²) < 4.78 is 32.7. The van der Waals surface area contributed by atoms with Crippen LogP contribution in [0, 0.1) is 0 Å². The summed E-state index contributed by atoms with van der Waals surface area (Å²) in [6.07, 6.45) is 2.35. The molecule has 0 saturated heterocycles. The Kier molecular flexibility index (Phi) is 5.77. The van der Waals surface area contributed by atoms with Gasteiger partial charge in [0.05, 0.1) is 6.61 Å². The largest absolute Gasteiger partial charge is 0.383 e. The standard InChI is InChI=1S/C11H22N4O3S/c1-4-6-14-9-10(11(12)13-14)19(16,17)15(5-2)7-8-18-3/h9H,4-8H2,1-3H3,(H2,12,13). The molecule has 0 aliphatic rings. The Morgan fingerprint density at radius 2 is 2.16 bits per heavy atom. The van der Waals surface area contributed by atoms with Crippen molar-refractivity contribution in [2.45, 2.75) is 31.7 Å². The number of aryl methyl sites for hydroxylation is 1. The predicted molar refractivity (Wildman–Crippen MR) is 73.2 cm³/mol. The Hall–Kier alpha value is -1.12. The van der Waals surface area contributed by atoms with Crippen molar-refractivity contribution in [1.82, 2.24) is 14.1 Å². The molecule has 0 spiro atoms. The number of hydrogen-bond acceptors (Lipinski definition) is 5. The monoisotopic (exact) mass is 290 g/mol. The second kappa shape index (κ2) is 6.88. The number of nitrogens with two attached hydrogens (primary N) is 1. The molecule has 0 bridgehead atoms. The third-order valence-electron chi connectivity index (χ3n) is 2.72. The highest BCUT2D eigenvalue weighted by Gasteiger charge is 2.27. The zero-order valence-electron chi connectivity index (χ0n) is 11.7. The highest BCUT2D eigenvalue weighted by molar-refractivity contribution is 7.89. The second-order valence-electron chi connectivity index (χ2n) is 4.13. The van der Waals surface area contributed by atoms with Gasteiger partial charge in [0.25, 0.3) is 0 Å². The third kappa shape index (κ3) is 3.68. The fourth-order valence-electron chi connectivity index (χ4n) is 1.74.